The Balaban J connectivity index is 1.65. The van der Waals surface area contributed by atoms with Crippen LogP contribution >= 0.6 is 23.2 Å². The van der Waals surface area contributed by atoms with Crippen molar-refractivity contribution >= 4 is 46.7 Å². The number of likely N-dealkylation sites (tertiary alicyclic amines) is 1. The molecule has 1 N–H and O–H groups in total. The molecule has 2 heterocycles. The molecule has 2 aromatic rings. The Morgan fingerprint density at radius 3 is 2.48 bits per heavy atom. The van der Waals surface area contributed by atoms with E-state index in [2.05, 4.69) is 5.32 Å². The van der Waals surface area contributed by atoms with Gasteiger partial charge in [-0.1, -0.05) is 23.2 Å². The van der Waals surface area contributed by atoms with Gasteiger partial charge in [-0.3, -0.25) is 14.5 Å². The number of anilines is 1. The van der Waals surface area contributed by atoms with E-state index in [1.165, 1.54) is 19.1 Å². The second-order valence-corrected chi connectivity index (χ2v) is 7.90. The Kier molecular flexibility index (Phi) is 5.68. The van der Waals surface area contributed by atoms with Crippen molar-refractivity contribution in [1.82, 2.24) is 4.90 Å². The standard InChI is InChI=1S/C21H18Cl2N2O6/c1-29-15-5-3-13-17(18(15)30-2)21(28)31-20(13)25-14(4-6-16(25)26)19(27)24-12-8-10(22)7-11(23)9-12/h3,5,7-9,14,20H,4,6H2,1-2H3,(H,24,27)/t14-,20-/m1/s1. The molecule has 2 amide bonds. The fourth-order valence-corrected chi connectivity index (χ4v) is 4.42. The molecule has 4 rings (SSSR count). The number of halogens is 2. The number of amides is 2. The minimum atomic E-state index is -1.05. The lowest BCUT2D eigenvalue weighted by molar-refractivity contribution is -0.144. The summed E-state index contributed by atoms with van der Waals surface area (Å²) in [5, 5.41) is 3.45. The Morgan fingerprint density at radius 1 is 1.13 bits per heavy atom. The summed E-state index contributed by atoms with van der Waals surface area (Å²) in [4.78, 5) is 39.6. The Bertz CT molecular complexity index is 1070. The number of nitrogens with one attached hydrogen (secondary N) is 1. The number of benzene rings is 2. The number of fused-ring (bicyclic) bond motifs is 1. The maximum atomic E-state index is 13.0. The first-order chi connectivity index (χ1) is 14.8. The first kappa shape index (κ1) is 21.3. The molecule has 162 valence electrons. The molecule has 8 nitrogen and oxygen atoms in total. The Labute approximate surface area is 188 Å². The van der Waals surface area contributed by atoms with Crippen molar-refractivity contribution in [3.63, 3.8) is 0 Å². The average molecular weight is 465 g/mol. The van der Waals surface area contributed by atoms with Crippen LogP contribution in [0.1, 0.15) is 35.0 Å². The topological polar surface area (TPSA) is 94.2 Å². The minimum absolute atomic E-state index is 0.144. The van der Waals surface area contributed by atoms with Crippen molar-refractivity contribution in [2.75, 3.05) is 19.5 Å². The van der Waals surface area contributed by atoms with Crippen LogP contribution < -0.4 is 14.8 Å². The first-order valence-electron chi connectivity index (χ1n) is 9.38. The Morgan fingerprint density at radius 2 is 1.84 bits per heavy atom. The zero-order valence-electron chi connectivity index (χ0n) is 16.6. The van der Waals surface area contributed by atoms with Crippen molar-refractivity contribution < 1.29 is 28.6 Å². The number of ether oxygens (including phenoxy) is 3. The second-order valence-electron chi connectivity index (χ2n) is 7.03. The molecule has 0 radical (unpaired) electrons. The first-order valence-corrected chi connectivity index (χ1v) is 10.1. The summed E-state index contributed by atoms with van der Waals surface area (Å²) in [6.45, 7) is 0. The van der Waals surface area contributed by atoms with Gasteiger partial charge in [0.15, 0.2) is 11.5 Å². The van der Waals surface area contributed by atoms with E-state index < -0.39 is 24.1 Å². The lowest BCUT2D eigenvalue weighted by Crippen LogP contribution is -2.43. The van der Waals surface area contributed by atoms with Crippen LogP contribution in [0.4, 0.5) is 5.69 Å². The number of carbonyl (C=O) groups is 3. The molecule has 0 spiro atoms. The van der Waals surface area contributed by atoms with Gasteiger partial charge in [-0.2, -0.15) is 0 Å². The van der Waals surface area contributed by atoms with Crippen molar-refractivity contribution in [1.29, 1.82) is 0 Å². The lowest BCUT2D eigenvalue weighted by Gasteiger charge is -2.29. The van der Waals surface area contributed by atoms with Gasteiger partial charge in [0.2, 0.25) is 18.0 Å². The number of rotatable bonds is 5. The van der Waals surface area contributed by atoms with E-state index in [-0.39, 0.29) is 30.1 Å². The van der Waals surface area contributed by atoms with E-state index in [9.17, 15) is 14.4 Å². The van der Waals surface area contributed by atoms with E-state index in [0.717, 1.165) is 0 Å². The highest BCUT2D eigenvalue weighted by molar-refractivity contribution is 6.35. The summed E-state index contributed by atoms with van der Waals surface area (Å²) >= 11 is 12.0. The quantitative estimate of drug-likeness (QED) is 0.676. The number of hydrogen-bond donors (Lipinski definition) is 1. The third-order valence-electron chi connectivity index (χ3n) is 5.21. The molecule has 1 saturated heterocycles. The zero-order valence-corrected chi connectivity index (χ0v) is 18.1. The molecule has 2 aromatic carbocycles. The third kappa shape index (κ3) is 3.77. The zero-order chi connectivity index (χ0) is 22.3. The fourth-order valence-electron chi connectivity index (χ4n) is 3.89. The highest BCUT2D eigenvalue weighted by Crippen LogP contribution is 2.45. The minimum Gasteiger partial charge on any atom is -0.493 e. The van der Waals surface area contributed by atoms with Gasteiger partial charge in [0.25, 0.3) is 0 Å². The maximum absolute atomic E-state index is 13.0. The average Bonchev–Trinajstić information content (AvgIpc) is 3.26. The summed E-state index contributed by atoms with van der Waals surface area (Å²) in [5.74, 6) is -0.817. The highest BCUT2D eigenvalue weighted by Gasteiger charge is 2.47. The number of methoxy groups -OCH3 is 2. The smallest absolute Gasteiger partial charge is 0.344 e. The van der Waals surface area contributed by atoms with Gasteiger partial charge >= 0.3 is 5.97 Å². The van der Waals surface area contributed by atoms with Crippen LogP contribution in [0.5, 0.6) is 11.5 Å². The molecule has 2 aliphatic rings. The monoisotopic (exact) mass is 464 g/mol. The van der Waals surface area contributed by atoms with Crippen molar-refractivity contribution in [3.05, 3.63) is 51.5 Å². The molecule has 0 bridgehead atoms. The molecule has 0 aromatic heterocycles. The van der Waals surface area contributed by atoms with E-state index in [0.29, 0.717) is 27.0 Å². The van der Waals surface area contributed by atoms with E-state index in [4.69, 9.17) is 37.4 Å². The number of hydrogen-bond acceptors (Lipinski definition) is 6. The predicted octanol–water partition coefficient (Wildman–Crippen LogP) is 3.81. The van der Waals surface area contributed by atoms with Gasteiger partial charge in [0, 0.05) is 27.7 Å². The van der Waals surface area contributed by atoms with Crippen LogP contribution in [0.3, 0.4) is 0 Å². The van der Waals surface area contributed by atoms with E-state index >= 15 is 0 Å². The van der Waals surface area contributed by atoms with Crippen LogP contribution in [-0.4, -0.2) is 42.9 Å². The van der Waals surface area contributed by atoms with Crippen LogP contribution in [0.2, 0.25) is 10.0 Å². The lowest BCUT2D eigenvalue weighted by atomic mass is 10.1. The summed E-state index contributed by atoms with van der Waals surface area (Å²) in [6, 6.07) is 7.05. The fraction of sp³-hybridized carbons (Fsp3) is 0.286. The summed E-state index contributed by atoms with van der Waals surface area (Å²) in [5.41, 5.74) is 1.01. The highest BCUT2D eigenvalue weighted by atomic mass is 35.5. The normalized spacial score (nSPS) is 19.8. The molecule has 2 atom stereocenters. The molecule has 10 heteroatoms. The number of nitrogens with zero attached hydrogens (tertiary/aromatic N) is 1. The van der Waals surface area contributed by atoms with Crippen LogP contribution in [0, 0.1) is 0 Å². The number of cyclic esters (lactones) is 1. The van der Waals surface area contributed by atoms with Crippen LogP contribution in [-0.2, 0) is 14.3 Å². The van der Waals surface area contributed by atoms with Gasteiger partial charge in [-0.05, 0) is 36.8 Å². The van der Waals surface area contributed by atoms with Crippen LogP contribution in [0.15, 0.2) is 30.3 Å². The molecule has 1 fully saturated rings. The summed E-state index contributed by atoms with van der Waals surface area (Å²) < 4.78 is 16.1. The molecular weight excluding hydrogens is 447 g/mol. The van der Waals surface area contributed by atoms with Crippen molar-refractivity contribution in [2.24, 2.45) is 0 Å². The predicted molar refractivity (Wildman–Crippen MR) is 113 cm³/mol. The van der Waals surface area contributed by atoms with Gasteiger partial charge in [-0.25, -0.2) is 4.79 Å². The van der Waals surface area contributed by atoms with Gasteiger partial charge < -0.3 is 19.5 Å². The maximum Gasteiger partial charge on any atom is 0.344 e. The molecule has 0 saturated carbocycles. The van der Waals surface area contributed by atoms with Gasteiger partial charge in [0.1, 0.15) is 11.6 Å². The molecule has 31 heavy (non-hydrogen) atoms. The van der Waals surface area contributed by atoms with Crippen molar-refractivity contribution in [2.45, 2.75) is 25.1 Å². The molecular formula is C21H18Cl2N2O6. The molecule has 0 aliphatic carbocycles. The van der Waals surface area contributed by atoms with Crippen LogP contribution in [0.25, 0.3) is 0 Å². The summed E-state index contributed by atoms with van der Waals surface area (Å²) in [7, 11) is 2.86. The molecule has 2 aliphatic heterocycles. The SMILES string of the molecule is COc1ccc2c(c1OC)C(=O)O[C@H]2N1C(=O)CC[C@@H]1C(=O)Nc1cc(Cl)cc(Cl)c1. The third-order valence-corrected chi connectivity index (χ3v) is 5.64. The van der Waals surface area contributed by atoms with E-state index in [1.807, 2.05) is 0 Å². The van der Waals surface area contributed by atoms with Gasteiger partial charge in [-0.15, -0.1) is 0 Å². The van der Waals surface area contributed by atoms with Gasteiger partial charge in [0.05, 0.1) is 14.2 Å². The summed E-state index contributed by atoms with van der Waals surface area (Å²) in [6.07, 6.45) is -0.628. The number of carbonyl (C=O) groups excluding carboxylic acids is 3. The second kappa shape index (κ2) is 8.28. The Hall–Kier alpha value is -2.97. The molecule has 0 unspecified atom stereocenters. The van der Waals surface area contributed by atoms with E-state index in [1.54, 1.807) is 30.3 Å². The largest absolute Gasteiger partial charge is 0.493 e. The van der Waals surface area contributed by atoms with Crippen molar-refractivity contribution in [3.8, 4) is 11.5 Å². The number of esters is 1.